The van der Waals surface area contributed by atoms with Gasteiger partial charge in [0.05, 0.1) is 5.69 Å². The van der Waals surface area contributed by atoms with Crippen molar-refractivity contribution in [2.75, 3.05) is 23.3 Å². The Hall–Kier alpha value is -3.06. The number of hydrogen-bond donors (Lipinski definition) is 2. The minimum Gasteiger partial charge on any atom is -0.476 e. The number of hydrogen-bond acceptors (Lipinski definition) is 5. The van der Waals surface area contributed by atoms with Crippen LogP contribution in [0.15, 0.2) is 35.1 Å². The Morgan fingerprint density at radius 1 is 1.18 bits per heavy atom. The maximum Gasteiger partial charge on any atom is 0.356 e. The van der Waals surface area contributed by atoms with Gasteiger partial charge in [0.2, 0.25) is 0 Å². The molecular formula is C26H31ClN4O3. The molecule has 1 saturated heterocycles. The van der Waals surface area contributed by atoms with Crippen molar-refractivity contribution in [1.29, 1.82) is 0 Å². The average molecular weight is 483 g/mol. The number of anilines is 2. The van der Waals surface area contributed by atoms with Crippen molar-refractivity contribution in [3.63, 3.8) is 0 Å². The number of fused-ring (bicyclic) bond motifs is 1. The van der Waals surface area contributed by atoms with Crippen LogP contribution >= 0.6 is 11.6 Å². The number of halogens is 1. The van der Waals surface area contributed by atoms with Gasteiger partial charge in [-0.2, -0.15) is 0 Å². The smallest absolute Gasteiger partial charge is 0.356 e. The first-order chi connectivity index (χ1) is 16.0. The molecule has 180 valence electrons. The Bertz CT molecular complexity index is 1320. The molecule has 0 bridgehead atoms. The van der Waals surface area contributed by atoms with Crippen LogP contribution in [-0.2, 0) is 7.05 Å². The lowest BCUT2D eigenvalue weighted by atomic mass is 9.82. The van der Waals surface area contributed by atoms with Gasteiger partial charge in [-0.05, 0) is 72.9 Å². The van der Waals surface area contributed by atoms with E-state index in [4.69, 9.17) is 11.6 Å². The Labute approximate surface area is 204 Å². The molecule has 2 N–H and O–H groups in total. The molecule has 0 saturated carbocycles. The van der Waals surface area contributed by atoms with Gasteiger partial charge in [0, 0.05) is 31.6 Å². The number of carboxylic acid groups (broad SMARTS) is 1. The molecule has 2 aromatic heterocycles. The van der Waals surface area contributed by atoms with Crippen molar-refractivity contribution in [1.82, 2.24) is 9.55 Å². The topological polar surface area (TPSA) is 87.5 Å². The summed E-state index contributed by atoms with van der Waals surface area (Å²) in [5.74, 6) is -0.250. The fourth-order valence-electron chi connectivity index (χ4n) is 4.70. The molecule has 1 aliphatic rings. The van der Waals surface area contributed by atoms with E-state index in [-0.39, 0.29) is 22.4 Å². The maximum atomic E-state index is 13.4. The van der Waals surface area contributed by atoms with Crippen LogP contribution in [0.5, 0.6) is 0 Å². The minimum absolute atomic E-state index is 0.0335. The average Bonchev–Trinajstić information content (AvgIpc) is 2.77. The Morgan fingerprint density at radius 3 is 2.50 bits per heavy atom. The molecule has 1 aromatic carbocycles. The number of carboxylic acids is 1. The lowest BCUT2D eigenvalue weighted by Gasteiger charge is -2.38. The van der Waals surface area contributed by atoms with Crippen molar-refractivity contribution in [2.24, 2.45) is 12.5 Å². The summed E-state index contributed by atoms with van der Waals surface area (Å²) < 4.78 is 1.74. The number of pyridine rings is 2. The van der Waals surface area contributed by atoms with Gasteiger partial charge in [-0.3, -0.25) is 9.36 Å². The van der Waals surface area contributed by atoms with Gasteiger partial charge in [-0.15, -0.1) is 0 Å². The van der Waals surface area contributed by atoms with E-state index < -0.39 is 5.97 Å². The Balaban J connectivity index is 1.79. The number of aromatic nitrogens is 2. The van der Waals surface area contributed by atoms with Gasteiger partial charge in [-0.1, -0.05) is 31.5 Å². The Kier molecular flexibility index (Phi) is 6.34. The number of rotatable bonds is 5. The van der Waals surface area contributed by atoms with Crippen molar-refractivity contribution in [3.05, 3.63) is 62.7 Å². The molecule has 0 aliphatic carbocycles. The normalized spacial score (nSPS) is 16.5. The molecule has 3 heterocycles. The third-order valence-corrected chi connectivity index (χ3v) is 7.06. The van der Waals surface area contributed by atoms with E-state index in [1.54, 1.807) is 16.7 Å². The van der Waals surface area contributed by atoms with Gasteiger partial charge in [-0.25, -0.2) is 9.78 Å². The molecule has 0 spiro atoms. The SMILES string of the molecule is Cc1cc([C@@H](C)Nc2ccc(Cl)nc2C(=O)O)c2cc(N3CCC(C)(C)CC3)n(C)c(=O)c2c1. The number of aromatic carboxylic acids is 1. The second-order valence-electron chi connectivity index (χ2n) is 10.0. The lowest BCUT2D eigenvalue weighted by molar-refractivity contribution is 0.0691. The predicted molar refractivity (Wildman–Crippen MR) is 137 cm³/mol. The third-order valence-electron chi connectivity index (χ3n) is 6.85. The van der Waals surface area contributed by atoms with E-state index in [2.05, 4.69) is 35.1 Å². The molecule has 34 heavy (non-hydrogen) atoms. The van der Waals surface area contributed by atoms with Gasteiger partial charge < -0.3 is 15.3 Å². The maximum absolute atomic E-state index is 13.4. The molecule has 1 aliphatic heterocycles. The van der Waals surface area contributed by atoms with E-state index in [0.717, 1.165) is 48.3 Å². The molecule has 7 nitrogen and oxygen atoms in total. The fourth-order valence-corrected chi connectivity index (χ4v) is 4.85. The largest absolute Gasteiger partial charge is 0.476 e. The van der Waals surface area contributed by atoms with Gasteiger partial charge in [0.25, 0.3) is 5.56 Å². The highest BCUT2D eigenvalue weighted by Crippen LogP contribution is 2.34. The quantitative estimate of drug-likeness (QED) is 0.474. The molecule has 0 radical (unpaired) electrons. The molecule has 0 unspecified atom stereocenters. The highest BCUT2D eigenvalue weighted by Gasteiger charge is 2.27. The van der Waals surface area contributed by atoms with Crippen LogP contribution in [0, 0.1) is 12.3 Å². The summed E-state index contributed by atoms with van der Waals surface area (Å²) >= 11 is 5.91. The summed E-state index contributed by atoms with van der Waals surface area (Å²) in [6, 6.07) is 8.97. The number of nitrogens with one attached hydrogen (secondary N) is 1. The van der Waals surface area contributed by atoms with Gasteiger partial charge in [0.15, 0.2) is 5.69 Å². The van der Waals surface area contributed by atoms with Crippen molar-refractivity contribution >= 4 is 39.8 Å². The highest BCUT2D eigenvalue weighted by atomic mass is 35.5. The summed E-state index contributed by atoms with van der Waals surface area (Å²) in [6.07, 6.45) is 2.14. The van der Waals surface area contributed by atoms with Crippen LogP contribution < -0.4 is 15.8 Å². The van der Waals surface area contributed by atoms with E-state index in [9.17, 15) is 14.7 Å². The fraction of sp³-hybridized carbons (Fsp3) is 0.423. The summed E-state index contributed by atoms with van der Waals surface area (Å²) in [5, 5.41) is 14.5. The van der Waals surface area contributed by atoms with Crippen LogP contribution in [0.1, 0.15) is 61.3 Å². The second kappa shape index (κ2) is 8.95. The van der Waals surface area contributed by atoms with Crippen LogP contribution in [0.2, 0.25) is 5.15 Å². The first-order valence-corrected chi connectivity index (χ1v) is 11.9. The summed E-state index contributed by atoms with van der Waals surface area (Å²) in [7, 11) is 1.83. The van der Waals surface area contributed by atoms with Crippen molar-refractivity contribution in [2.45, 2.75) is 46.6 Å². The van der Waals surface area contributed by atoms with Crippen LogP contribution in [-0.4, -0.2) is 33.7 Å². The van der Waals surface area contributed by atoms with E-state index in [1.165, 1.54) is 0 Å². The lowest BCUT2D eigenvalue weighted by Crippen LogP contribution is -2.40. The van der Waals surface area contributed by atoms with Crippen molar-refractivity contribution in [3.8, 4) is 0 Å². The Morgan fingerprint density at radius 2 is 1.85 bits per heavy atom. The summed E-state index contributed by atoms with van der Waals surface area (Å²) in [4.78, 5) is 31.3. The van der Waals surface area contributed by atoms with Crippen LogP contribution in [0.3, 0.4) is 0 Å². The zero-order chi connectivity index (χ0) is 24.8. The molecule has 1 fully saturated rings. The highest BCUT2D eigenvalue weighted by molar-refractivity contribution is 6.29. The summed E-state index contributed by atoms with van der Waals surface area (Å²) in [5.41, 5.74) is 2.41. The minimum atomic E-state index is -1.16. The first-order valence-electron chi connectivity index (χ1n) is 11.5. The first kappa shape index (κ1) is 24.1. The molecular weight excluding hydrogens is 452 g/mol. The molecule has 1 atom stereocenters. The molecule has 3 aromatic rings. The van der Waals surface area contributed by atoms with Gasteiger partial charge in [0.1, 0.15) is 11.0 Å². The molecule has 8 heteroatoms. The molecule has 4 rings (SSSR count). The monoisotopic (exact) mass is 482 g/mol. The predicted octanol–water partition coefficient (Wildman–Crippen LogP) is 5.39. The molecule has 0 amide bonds. The van der Waals surface area contributed by atoms with Crippen LogP contribution in [0.4, 0.5) is 11.5 Å². The standard InChI is InChI=1S/C26H31ClN4O3/c1-15-12-17(16(2)28-20-6-7-21(27)29-23(20)25(33)34)18-14-22(30(5)24(32)19(18)13-15)31-10-8-26(3,4)9-11-31/h6-7,12-14,16,28H,8-11H2,1-5H3,(H,33,34)/t16-/m1/s1. The second-order valence-corrected chi connectivity index (χ2v) is 10.4. The van der Waals surface area contributed by atoms with Gasteiger partial charge >= 0.3 is 5.97 Å². The van der Waals surface area contributed by atoms with E-state index >= 15 is 0 Å². The number of benzene rings is 1. The van der Waals surface area contributed by atoms with Crippen LogP contribution in [0.25, 0.3) is 10.8 Å². The zero-order valence-electron chi connectivity index (χ0n) is 20.3. The number of carbonyl (C=O) groups is 1. The number of aryl methyl sites for hydroxylation is 1. The number of nitrogens with zero attached hydrogens (tertiary/aromatic N) is 3. The van der Waals surface area contributed by atoms with E-state index in [1.807, 2.05) is 33.0 Å². The zero-order valence-corrected chi connectivity index (χ0v) is 21.0. The van der Waals surface area contributed by atoms with Crippen molar-refractivity contribution < 1.29 is 9.90 Å². The van der Waals surface area contributed by atoms with E-state index in [0.29, 0.717) is 16.5 Å². The third kappa shape index (κ3) is 4.62. The number of piperidine rings is 1. The summed E-state index contributed by atoms with van der Waals surface area (Å²) in [6.45, 7) is 10.3.